The minimum atomic E-state index is -0.698. The molecule has 20 heteroatoms. The van der Waals surface area contributed by atoms with E-state index in [-0.39, 0.29) is 55.2 Å². The number of hydrogen-bond acceptors (Lipinski definition) is 8. The van der Waals surface area contributed by atoms with Crippen LogP contribution in [0.1, 0.15) is 27.6 Å². The fourth-order valence-electron chi connectivity index (χ4n) is 6.01. The van der Waals surface area contributed by atoms with E-state index in [2.05, 4.69) is 57.1 Å². The third kappa shape index (κ3) is 10.5. The average molecular weight is 1020 g/mol. The minimum Gasteiger partial charge on any atom is -0.496 e. The third-order valence-corrected chi connectivity index (χ3v) is 10.9. The van der Waals surface area contributed by atoms with Crippen LogP contribution in [0.5, 0.6) is 11.5 Å². The van der Waals surface area contributed by atoms with E-state index in [1.807, 2.05) is 19.1 Å². The van der Waals surface area contributed by atoms with E-state index in [4.69, 9.17) is 67.5 Å². The number of amides is 2. The summed E-state index contributed by atoms with van der Waals surface area (Å²) in [4.78, 5) is 40.5. The lowest BCUT2D eigenvalue weighted by Crippen LogP contribution is -2.13. The van der Waals surface area contributed by atoms with Gasteiger partial charge in [0.25, 0.3) is 11.8 Å². The lowest BCUT2D eigenvalue weighted by molar-refractivity contribution is 0.101. The maximum Gasteiger partial charge on any atom is 0.259 e. The van der Waals surface area contributed by atoms with Gasteiger partial charge in [-0.15, -0.1) is 0 Å². The first-order valence-electron chi connectivity index (χ1n) is 18.4. The largest absolute Gasteiger partial charge is 0.496 e. The molecule has 0 fully saturated rings. The van der Waals surface area contributed by atoms with Gasteiger partial charge < -0.3 is 40.7 Å². The van der Waals surface area contributed by atoms with E-state index in [1.165, 1.54) is 31.4 Å². The van der Waals surface area contributed by atoms with Crippen molar-refractivity contribution in [3.63, 3.8) is 0 Å². The second-order valence-electron chi connectivity index (χ2n) is 13.2. The average Bonchev–Trinajstić information content (AvgIpc) is 3.86. The number of H-pyrrole nitrogens is 2. The molecular formula is C43H30BrCl5F2N8O4. The van der Waals surface area contributed by atoms with Gasteiger partial charge in [0, 0.05) is 33.0 Å². The van der Waals surface area contributed by atoms with Crippen molar-refractivity contribution in [1.29, 1.82) is 0 Å². The van der Waals surface area contributed by atoms with E-state index < -0.39 is 11.6 Å². The fraction of sp³-hybridized carbons (Fsp3) is 0.0698. The van der Waals surface area contributed by atoms with Crippen molar-refractivity contribution in [3.05, 3.63) is 149 Å². The Balaban J connectivity index is 0.000000189. The smallest absolute Gasteiger partial charge is 0.259 e. The predicted octanol–water partition coefficient (Wildman–Crippen LogP) is 13.8. The maximum absolute atomic E-state index is 14.4. The van der Waals surface area contributed by atoms with Gasteiger partial charge in [0.15, 0.2) is 11.6 Å². The molecule has 0 saturated heterocycles. The number of aromatic nitrogens is 4. The van der Waals surface area contributed by atoms with Crippen LogP contribution in [0.2, 0.25) is 25.1 Å². The summed E-state index contributed by atoms with van der Waals surface area (Å²) in [5.41, 5.74) is 3.86. The van der Waals surface area contributed by atoms with Gasteiger partial charge in [-0.2, -0.15) is 0 Å². The molecule has 2 aromatic heterocycles. The molecule has 0 radical (unpaired) electrons. The molecule has 0 aliphatic rings. The molecule has 2 heterocycles. The number of benzene rings is 6. The van der Waals surface area contributed by atoms with Crippen molar-refractivity contribution < 1.29 is 27.8 Å². The summed E-state index contributed by atoms with van der Waals surface area (Å²) in [6, 6.07) is 26.1. The Bertz CT molecular complexity index is 3030. The van der Waals surface area contributed by atoms with Gasteiger partial charge in [-0.3, -0.25) is 9.59 Å². The van der Waals surface area contributed by atoms with Gasteiger partial charge in [0.2, 0.25) is 11.9 Å². The topological polar surface area (TPSA) is 158 Å². The summed E-state index contributed by atoms with van der Waals surface area (Å²) in [5.74, 6) is -0.988. The van der Waals surface area contributed by atoms with Crippen molar-refractivity contribution in [2.45, 2.75) is 6.92 Å². The molecule has 8 aromatic rings. The lowest BCUT2D eigenvalue weighted by Gasteiger charge is -2.11. The molecule has 6 N–H and O–H groups in total. The van der Waals surface area contributed by atoms with E-state index in [9.17, 15) is 18.4 Å². The van der Waals surface area contributed by atoms with Crippen molar-refractivity contribution in [2.24, 2.45) is 0 Å². The molecule has 0 atom stereocenters. The Kier molecular flexibility index (Phi) is 14.1. The number of aromatic amines is 2. The number of rotatable bonds is 11. The highest BCUT2D eigenvalue weighted by atomic mass is 79.9. The number of halogens is 8. The van der Waals surface area contributed by atoms with Crippen LogP contribution >= 0.6 is 73.9 Å². The number of nitrogens with zero attached hydrogens (tertiary/aromatic N) is 2. The van der Waals surface area contributed by atoms with Crippen molar-refractivity contribution >= 4 is 142 Å². The molecule has 0 aliphatic carbocycles. The normalized spacial score (nSPS) is 10.9. The van der Waals surface area contributed by atoms with Crippen LogP contribution in [-0.2, 0) is 0 Å². The molecule has 12 nitrogen and oxygen atoms in total. The Morgan fingerprint density at radius 2 is 1.14 bits per heavy atom. The summed E-state index contributed by atoms with van der Waals surface area (Å²) in [6.07, 6.45) is 0. The Labute approximate surface area is 390 Å². The molecule has 0 spiro atoms. The zero-order valence-electron chi connectivity index (χ0n) is 32.5. The van der Waals surface area contributed by atoms with Crippen LogP contribution in [0.4, 0.5) is 43.4 Å². The number of fused-ring (bicyclic) bond motifs is 2. The summed E-state index contributed by atoms with van der Waals surface area (Å²) in [7, 11) is 1.46. The zero-order valence-corrected chi connectivity index (χ0v) is 37.9. The molecule has 8 rings (SSSR count). The van der Waals surface area contributed by atoms with Gasteiger partial charge in [-0.1, -0.05) is 80.0 Å². The standard InChI is InChI=1S/C22H16Cl3FN4O2.C21H14BrCl2FN4O2/c1-2-32-18-10-17-16(9-13(18)21(31)27-12-5-3-4-11(23)8-12)28-22(29-17)30-20-15(25)7-6-14(24)19(20)26;1-31-17-9-16-15(8-12(17)20(30)26-11-4-2-10(22)3-5-11)27-21(28-16)29-19-14(24)7-6-13(23)18(19)25/h3-10H,2H2,1H3,(H,27,31)(H2,28,29,30);2-9H,1H3,(H,26,30)(H2,27,28,29). The molecular weight excluding hydrogens is 988 g/mol. The minimum absolute atomic E-state index is 0.00612. The first-order valence-corrected chi connectivity index (χ1v) is 21.1. The highest BCUT2D eigenvalue weighted by Crippen LogP contribution is 2.35. The second-order valence-corrected chi connectivity index (χ2v) is 16.1. The van der Waals surface area contributed by atoms with Crippen LogP contribution in [0, 0.1) is 11.6 Å². The predicted molar refractivity (Wildman–Crippen MR) is 251 cm³/mol. The molecule has 6 aromatic carbocycles. The Morgan fingerprint density at radius 1 is 0.651 bits per heavy atom. The zero-order chi connectivity index (χ0) is 44.9. The van der Waals surface area contributed by atoms with Crippen LogP contribution < -0.4 is 30.7 Å². The van der Waals surface area contributed by atoms with Gasteiger partial charge in [0.1, 0.15) is 11.5 Å². The number of imidazole rings is 2. The molecule has 2 amide bonds. The highest BCUT2D eigenvalue weighted by molar-refractivity contribution is 9.10. The molecule has 0 saturated carbocycles. The lowest BCUT2D eigenvalue weighted by atomic mass is 10.1. The van der Waals surface area contributed by atoms with Gasteiger partial charge in [0.05, 0.1) is 78.4 Å². The first kappa shape index (κ1) is 45.2. The van der Waals surface area contributed by atoms with E-state index >= 15 is 0 Å². The molecule has 0 unspecified atom stereocenters. The quantitative estimate of drug-likeness (QED) is 0.0699. The highest BCUT2D eigenvalue weighted by Gasteiger charge is 2.20. The van der Waals surface area contributed by atoms with E-state index in [0.29, 0.717) is 67.7 Å². The van der Waals surface area contributed by atoms with Crippen molar-refractivity contribution in [2.75, 3.05) is 35.0 Å². The first-order chi connectivity index (χ1) is 30.2. The van der Waals surface area contributed by atoms with Crippen molar-refractivity contribution in [1.82, 2.24) is 19.9 Å². The number of ether oxygens (including phenoxy) is 2. The number of anilines is 6. The van der Waals surface area contributed by atoms with Crippen LogP contribution in [0.15, 0.2) is 102 Å². The number of carbonyl (C=O) groups is 2. The molecule has 0 aliphatic heterocycles. The van der Waals surface area contributed by atoms with Gasteiger partial charge >= 0.3 is 0 Å². The maximum atomic E-state index is 14.4. The van der Waals surface area contributed by atoms with Gasteiger partial charge in [-0.05, 0) is 85.8 Å². The number of nitrogens with one attached hydrogen (secondary N) is 6. The van der Waals surface area contributed by atoms with E-state index in [0.717, 1.165) is 4.47 Å². The van der Waals surface area contributed by atoms with Gasteiger partial charge in [-0.25, -0.2) is 18.7 Å². The summed E-state index contributed by atoms with van der Waals surface area (Å²) in [6.45, 7) is 2.16. The number of hydrogen-bond donors (Lipinski definition) is 6. The fourth-order valence-corrected chi connectivity index (χ4v) is 7.16. The van der Waals surface area contributed by atoms with Crippen molar-refractivity contribution in [3.8, 4) is 11.5 Å². The summed E-state index contributed by atoms with van der Waals surface area (Å²) < 4.78 is 40.6. The third-order valence-electron chi connectivity index (χ3n) is 8.93. The Morgan fingerprint density at radius 3 is 1.65 bits per heavy atom. The molecule has 0 bridgehead atoms. The molecule has 322 valence electrons. The van der Waals surface area contributed by atoms with Crippen LogP contribution in [0.3, 0.4) is 0 Å². The second kappa shape index (κ2) is 19.7. The SMILES string of the molecule is CCOc1cc2nc(Nc3c(Cl)ccc(Cl)c3F)[nH]c2cc1C(=O)Nc1cccc(Cl)c1.COc1cc2nc(Nc3c(Cl)ccc(Cl)c3F)[nH]c2cc1C(=O)Nc1ccc(Br)cc1. The summed E-state index contributed by atoms with van der Waals surface area (Å²) >= 11 is 33.2. The summed E-state index contributed by atoms with van der Waals surface area (Å²) in [5, 5.41) is 11.9. The van der Waals surface area contributed by atoms with Crippen LogP contribution in [-0.4, -0.2) is 45.5 Å². The van der Waals surface area contributed by atoms with Crippen LogP contribution in [0.25, 0.3) is 22.1 Å². The molecule has 63 heavy (non-hydrogen) atoms. The number of carbonyl (C=O) groups excluding carboxylic acids is 2. The number of methoxy groups -OCH3 is 1. The Hall–Kier alpha value is -5.81. The van der Waals surface area contributed by atoms with E-state index in [1.54, 1.807) is 60.7 Å². The monoisotopic (exact) mass is 1010 g/mol.